The van der Waals surface area contributed by atoms with Crippen molar-refractivity contribution in [2.75, 3.05) is 23.3 Å². The molecule has 1 aliphatic rings. The van der Waals surface area contributed by atoms with E-state index >= 15 is 0 Å². The van der Waals surface area contributed by atoms with E-state index in [0.29, 0.717) is 4.88 Å². The molecule has 1 aliphatic heterocycles. The average Bonchev–Trinajstić information content (AvgIpc) is 3.03. The number of benzene rings is 1. The van der Waals surface area contributed by atoms with Crippen LogP contribution in [0.25, 0.3) is 0 Å². The van der Waals surface area contributed by atoms with Crippen LogP contribution in [0.2, 0.25) is 0 Å². The topological polar surface area (TPSA) is 45.2 Å². The third kappa shape index (κ3) is 2.99. The Labute approximate surface area is 122 Å². The van der Waals surface area contributed by atoms with Gasteiger partial charge in [0, 0.05) is 24.5 Å². The molecule has 0 spiro atoms. The van der Waals surface area contributed by atoms with Gasteiger partial charge in [0.05, 0.1) is 11.7 Å². The second kappa shape index (κ2) is 6.05. The van der Waals surface area contributed by atoms with Gasteiger partial charge in [-0.05, 0) is 43.5 Å². The van der Waals surface area contributed by atoms with Crippen LogP contribution in [0.1, 0.15) is 28.9 Å². The molecule has 1 saturated heterocycles. The number of nitrogens with zero attached hydrogens (tertiary/aromatic N) is 2. The fourth-order valence-electron chi connectivity index (χ4n) is 2.43. The van der Waals surface area contributed by atoms with Crippen LogP contribution in [-0.4, -0.2) is 24.0 Å². The van der Waals surface area contributed by atoms with Gasteiger partial charge < -0.3 is 10.2 Å². The van der Waals surface area contributed by atoms with Crippen LogP contribution in [0.4, 0.5) is 11.4 Å². The highest BCUT2D eigenvalue weighted by atomic mass is 32.1. The van der Waals surface area contributed by atoms with Crippen molar-refractivity contribution in [3.05, 3.63) is 40.8 Å². The van der Waals surface area contributed by atoms with Gasteiger partial charge in [-0.1, -0.05) is 0 Å². The molecule has 3 rings (SSSR count). The molecule has 5 heteroatoms. The number of aromatic nitrogens is 1. The Kier molecular flexibility index (Phi) is 3.97. The number of nitrogens with one attached hydrogen (secondary N) is 1. The summed E-state index contributed by atoms with van der Waals surface area (Å²) < 4.78 is 0. The highest BCUT2D eigenvalue weighted by molar-refractivity contribution is 7.11. The van der Waals surface area contributed by atoms with Gasteiger partial charge in [0.2, 0.25) is 0 Å². The monoisotopic (exact) mass is 287 g/mol. The van der Waals surface area contributed by atoms with E-state index < -0.39 is 0 Å². The number of hydrogen-bond donors (Lipinski definition) is 1. The van der Waals surface area contributed by atoms with E-state index in [0.717, 1.165) is 18.8 Å². The smallest absolute Gasteiger partial charge is 0.267 e. The SMILES string of the molecule is O=C(Nc1ccc(N2CCCCC2)cc1)c1cncs1. The third-order valence-electron chi connectivity index (χ3n) is 3.50. The fourth-order valence-corrected chi connectivity index (χ4v) is 2.94. The number of carbonyl (C=O) groups excluding carboxylic acids is 1. The van der Waals surface area contributed by atoms with Crippen LogP contribution >= 0.6 is 11.3 Å². The highest BCUT2D eigenvalue weighted by Gasteiger charge is 2.11. The summed E-state index contributed by atoms with van der Waals surface area (Å²) in [5, 5.41) is 2.89. The lowest BCUT2D eigenvalue weighted by molar-refractivity contribution is 0.103. The van der Waals surface area contributed by atoms with E-state index in [9.17, 15) is 4.79 Å². The molecule has 0 saturated carbocycles. The van der Waals surface area contributed by atoms with Crippen LogP contribution in [0.15, 0.2) is 36.0 Å². The molecule has 0 radical (unpaired) electrons. The van der Waals surface area contributed by atoms with Gasteiger partial charge in [0.15, 0.2) is 0 Å². The molecule has 4 nitrogen and oxygen atoms in total. The normalized spacial score (nSPS) is 15.1. The molecule has 1 aromatic heterocycles. The van der Waals surface area contributed by atoms with Crippen LogP contribution in [0, 0.1) is 0 Å². The highest BCUT2D eigenvalue weighted by Crippen LogP contribution is 2.22. The van der Waals surface area contributed by atoms with Gasteiger partial charge in [-0.25, -0.2) is 0 Å². The molecule has 0 unspecified atom stereocenters. The maximum atomic E-state index is 11.9. The van der Waals surface area contributed by atoms with E-state index in [1.165, 1.54) is 36.3 Å². The van der Waals surface area contributed by atoms with Crippen molar-refractivity contribution in [3.8, 4) is 0 Å². The molecule has 0 aliphatic carbocycles. The second-order valence-electron chi connectivity index (χ2n) is 4.91. The third-order valence-corrected chi connectivity index (χ3v) is 4.27. The Morgan fingerprint density at radius 3 is 2.55 bits per heavy atom. The minimum Gasteiger partial charge on any atom is -0.372 e. The number of piperidine rings is 1. The predicted octanol–water partition coefficient (Wildman–Crippen LogP) is 3.39. The van der Waals surface area contributed by atoms with Crippen molar-refractivity contribution in [2.24, 2.45) is 0 Å². The second-order valence-corrected chi connectivity index (χ2v) is 5.80. The van der Waals surface area contributed by atoms with Gasteiger partial charge in [-0.2, -0.15) is 0 Å². The van der Waals surface area contributed by atoms with E-state index in [2.05, 4.69) is 27.3 Å². The summed E-state index contributed by atoms with van der Waals surface area (Å²) >= 11 is 1.34. The lowest BCUT2D eigenvalue weighted by Crippen LogP contribution is -2.29. The summed E-state index contributed by atoms with van der Waals surface area (Å²) in [6.07, 6.45) is 5.45. The number of hydrogen-bond acceptors (Lipinski definition) is 4. The number of anilines is 2. The minimum atomic E-state index is -0.0989. The first kappa shape index (κ1) is 13.1. The van der Waals surface area contributed by atoms with Gasteiger partial charge in [0.1, 0.15) is 4.88 Å². The zero-order chi connectivity index (χ0) is 13.8. The molecule has 1 aromatic carbocycles. The largest absolute Gasteiger partial charge is 0.372 e. The maximum Gasteiger partial charge on any atom is 0.267 e. The lowest BCUT2D eigenvalue weighted by Gasteiger charge is -2.28. The lowest BCUT2D eigenvalue weighted by atomic mass is 10.1. The van der Waals surface area contributed by atoms with E-state index in [-0.39, 0.29) is 5.91 Å². The molecule has 1 amide bonds. The molecule has 0 atom stereocenters. The minimum absolute atomic E-state index is 0.0989. The van der Waals surface area contributed by atoms with Crippen molar-refractivity contribution in [1.29, 1.82) is 0 Å². The molecule has 104 valence electrons. The molecule has 1 fully saturated rings. The molecule has 20 heavy (non-hydrogen) atoms. The molecule has 2 heterocycles. The number of carbonyl (C=O) groups is 1. The Bertz CT molecular complexity index is 559. The Morgan fingerprint density at radius 1 is 1.15 bits per heavy atom. The van der Waals surface area contributed by atoms with Crippen molar-refractivity contribution < 1.29 is 4.79 Å². The average molecular weight is 287 g/mol. The Hall–Kier alpha value is -1.88. The molecular formula is C15H17N3OS. The van der Waals surface area contributed by atoms with E-state index in [1.54, 1.807) is 11.7 Å². The summed E-state index contributed by atoms with van der Waals surface area (Å²) in [6, 6.07) is 8.08. The Morgan fingerprint density at radius 2 is 1.90 bits per heavy atom. The summed E-state index contributed by atoms with van der Waals surface area (Å²) in [7, 11) is 0. The molecule has 1 N–H and O–H groups in total. The van der Waals surface area contributed by atoms with Gasteiger partial charge in [-0.3, -0.25) is 9.78 Å². The van der Waals surface area contributed by atoms with Crippen LogP contribution in [0.3, 0.4) is 0 Å². The number of thiazole rings is 1. The van der Waals surface area contributed by atoms with Gasteiger partial charge in [-0.15, -0.1) is 11.3 Å². The molecular weight excluding hydrogens is 270 g/mol. The van der Waals surface area contributed by atoms with E-state index in [4.69, 9.17) is 0 Å². The first-order valence-corrected chi connectivity index (χ1v) is 7.76. The van der Waals surface area contributed by atoms with Crippen LogP contribution in [0.5, 0.6) is 0 Å². The van der Waals surface area contributed by atoms with Crippen molar-refractivity contribution in [2.45, 2.75) is 19.3 Å². The van der Waals surface area contributed by atoms with E-state index in [1.807, 2.05) is 12.1 Å². The van der Waals surface area contributed by atoms with Crippen molar-refractivity contribution in [1.82, 2.24) is 4.98 Å². The molecule has 0 bridgehead atoms. The first-order valence-electron chi connectivity index (χ1n) is 6.88. The zero-order valence-corrected chi connectivity index (χ0v) is 12.0. The number of amides is 1. The van der Waals surface area contributed by atoms with Crippen molar-refractivity contribution in [3.63, 3.8) is 0 Å². The standard InChI is InChI=1S/C15H17N3OS/c19-15(14-10-16-11-20-14)17-12-4-6-13(7-5-12)18-8-2-1-3-9-18/h4-7,10-11H,1-3,8-9H2,(H,17,19). The summed E-state index contributed by atoms with van der Waals surface area (Å²) in [5.41, 5.74) is 3.72. The fraction of sp³-hybridized carbons (Fsp3) is 0.333. The zero-order valence-electron chi connectivity index (χ0n) is 11.2. The molecule has 2 aromatic rings. The van der Waals surface area contributed by atoms with Crippen LogP contribution < -0.4 is 10.2 Å². The quantitative estimate of drug-likeness (QED) is 0.941. The predicted molar refractivity (Wildman–Crippen MR) is 82.6 cm³/mol. The first-order chi connectivity index (χ1) is 9.83. The van der Waals surface area contributed by atoms with Gasteiger partial charge in [0.25, 0.3) is 5.91 Å². The van der Waals surface area contributed by atoms with Crippen molar-refractivity contribution >= 4 is 28.6 Å². The maximum absolute atomic E-state index is 11.9. The Balaban J connectivity index is 1.65. The summed E-state index contributed by atoms with van der Waals surface area (Å²) in [5.74, 6) is -0.0989. The van der Waals surface area contributed by atoms with Crippen LogP contribution in [-0.2, 0) is 0 Å². The summed E-state index contributed by atoms with van der Waals surface area (Å²) in [6.45, 7) is 2.26. The van der Waals surface area contributed by atoms with Gasteiger partial charge >= 0.3 is 0 Å². The summed E-state index contributed by atoms with van der Waals surface area (Å²) in [4.78, 5) is 18.9. The number of rotatable bonds is 3.